The highest BCUT2D eigenvalue weighted by molar-refractivity contribution is 5.45. The van der Waals surface area contributed by atoms with E-state index in [0.717, 1.165) is 11.1 Å². The Balaban J connectivity index is 2.96. The van der Waals surface area contributed by atoms with Crippen LogP contribution in [0.25, 0.3) is 0 Å². The van der Waals surface area contributed by atoms with Crippen LogP contribution in [0.3, 0.4) is 0 Å². The van der Waals surface area contributed by atoms with Crippen LogP contribution in [0.5, 0.6) is 0 Å². The standard InChI is InChI=1S/C12H20N2O/c1-8-5-6-14-11(13)10(8)9(15)7-12(2,3)4/h5-6,9,15H,7H2,1-4H3,(H2,13,14). The van der Waals surface area contributed by atoms with Crippen molar-refractivity contribution in [2.45, 2.75) is 40.2 Å². The minimum atomic E-state index is -0.529. The summed E-state index contributed by atoms with van der Waals surface area (Å²) in [6.07, 6.45) is 1.82. The molecule has 0 radical (unpaired) electrons. The molecule has 0 aliphatic rings. The summed E-state index contributed by atoms with van der Waals surface area (Å²) in [6, 6.07) is 1.87. The Labute approximate surface area is 91.3 Å². The molecule has 1 unspecified atom stereocenters. The highest BCUT2D eigenvalue weighted by Gasteiger charge is 2.21. The van der Waals surface area contributed by atoms with Crippen molar-refractivity contribution in [2.75, 3.05) is 5.73 Å². The minimum absolute atomic E-state index is 0.0775. The van der Waals surface area contributed by atoms with Crippen LogP contribution in [-0.4, -0.2) is 10.1 Å². The van der Waals surface area contributed by atoms with Gasteiger partial charge in [0.05, 0.1) is 6.10 Å². The van der Waals surface area contributed by atoms with Crippen molar-refractivity contribution in [3.8, 4) is 0 Å². The van der Waals surface area contributed by atoms with Gasteiger partial charge < -0.3 is 10.8 Å². The van der Waals surface area contributed by atoms with E-state index in [1.54, 1.807) is 6.20 Å². The molecule has 1 heterocycles. The second-order valence-electron chi connectivity index (χ2n) is 5.21. The molecule has 1 aromatic rings. The van der Waals surface area contributed by atoms with E-state index in [4.69, 9.17) is 5.73 Å². The fourth-order valence-corrected chi connectivity index (χ4v) is 1.71. The Hall–Kier alpha value is -1.09. The second kappa shape index (κ2) is 4.19. The summed E-state index contributed by atoms with van der Waals surface area (Å²) < 4.78 is 0. The second-order valence-corrected chi connectivity index (χ2v) is 5.21. The van der Waals surface area contributed by atoms with Gasteiger partial charge in [0.1, 0.15) is 5.82 Å². The molecule has 0 bridgehead atoms. The molecule has 0 aromatic carbocycles. The number of pyridine rings is 1. The predicted molar refractivity (Wildman–Crippen MR) is 62.4 cm³/mol. The van der Waals surface area contributed by atoms with Crippen LogP contribution in [0.15, 0.2) is 12.3 Å². The zero-order chi connectivity index (χ0) is 11.6. The molecule has 0 fully saturated rings. The van der Waals surface area contributed by atoms with Crippen molar-refractivity contribution in [1.82, 2.24) is 4.98 Å². The molecule has 0 saturated heterocycles. The summed E-state index contributed by atoms with van der Waals surface area (Å²) in [5, 5.41) is 10.1. The first-order valence-corrected chi connectivity index (χ1v) is 5.20. The SMILES string of the molecule is Cc1ccnc(N)c1C(O)CC(C)(C)C. The Bertz CT molecular complexity index is 322. The van der Waals surface area contributed by atoms with E-state index in [1.165, 1.54) is 0 Å². The Morgan fingerprint density at radius 1 is 1.47 bits per heavy atom. The van der Waals surface area contributed by atoms with Crippen LogP contribution in [-0.2, 0) is 0 Å². The molecule has 0 aliphatic heterocycles. The molecule has 1 aromatic heterocycles. The number of nitrogen functional groups attached to an aromatic ring is 1. The summed E-state index contributed by atoms with van der Waals surface area (Å²) in [5.74, 6) is 0.437. The first kappa shape index (κ1) is 12.0. The molecular weight excluding hydrogens is 188 g/mol. The van der Waals surface area contributed by atoms with E-state index in [9.17, 15) is 5.11 Å². The molecule has 84 valence electrons. The van der Waals surface area contributed by atoms with E-state index in [0.29, 0.717) is 12.2 Å². The molecule has 3 nitrogen and oxygen atoms in total. The third-order valence-corrected chi connectivity index (χ3v) is 2.38. The van der Waals surface area contributed by atoms with Gasteiger partial charge in [-0.2, -0.15) is 0 Å². The van der Waals surface area contributed by atoms with Crippen LogP contribution >= 0.6 is 0 Å². The van der Waals surface area contributed by atoms with Gasteiger partial charge in [-0.25, -0.2) is 4.98 Å². The van der Waals surface area contributed by atoms with Crippen LogP contribution in [0.1, 0.15) is 44.4 Å². The molecule has 0 amide bonds. The van der Waals surface area contributed by atoms with Crippen LogP contribution in [0, 0.1) is 12.3 Å². The van der Waals surface area contributed by atoms with Crippen molar-refractivity contribution < 1.29 is 5.11 Å². The number of nitrogens with two attached hydrogens (primary N) is 1. The van der Waals surface area contributed by atoms with Gasteiger partial charge in [-0.15, -0.1) is 0 Å². The first-order chi connectivity index (χ1) is 6.81. The summed E-state index contributed by atoms with van der Waals surface area (Å²) in [5.41, 5.74) is 7.62. The smallest absolute Gasteiger partial charge is 0.129 e. The number of rotatable bonds is 2. The number of anilines is 1. The van der Waals surface area contributed by atoms with Crippen LogP contribution < -0.4 is 5.73 Å². The quantitative estimate of drug-likeness (QED) is 0.784. The van der Waals surface area contributed by atoms with Gasteiger partial charge >= 0.3 is 0 Å². The molecule has 0 spiro atoms. The Morgan fingerprint density at radius 2 is 2.07 bits per heavy atom. The van der Waals surface area contributed by atoms with Crippen molar-refractivity contribution in [2.24, 2.45) is 5.41 Å². The fourth-order valence-electron chi connectivity index (χ4n) is 1.71. The van der Waals surface area contributed by atoms with E-state index in [1.807, 2.05) is 13.0 Å². The molecule has 3 N–H and O–H groups in total. The molecule has 3 heteroatoms. The van der Waals surface area contributed by atoms with E-state index < -0.39 is 6.10 Å². The lowest BCUT2D eigenvalue weighted by Crippen LogP contribution is -2.14. The van der Waals surface area contributed by atoms with Gasteiger partial charge in [-0.05, 0) is 30.4 Å². The number of hydrogen-bond donors (Lipinski definition) is 2. The van der Waals surface area contributed by atoms with Gasteiger partial charge in [-0.1, -0.05) is 20.8 Å². The zero-order valence-corrected chi connectivity index (χ0v) is 9.91. The van der Waals surface area contributed by atoms with E-state index in [-0.39, 0.29) is 5.41 Å². The number of hydrogen-bond acceptors (Lipinski definition) is 3. The van der Waals surface area contributed by atoms with Gasteiger partial charge in [0.2, 0.25) is 0 Å². The van der Waals surface area contributed by atoms with Crippen molar-refractivity contribution >= 4 is 5.82 Å². The lowest BCUT2D eigenvalue weighted by atomic mass is 9.86. The molecule has 1 atom stereocenters. The van der Waals surface area contributed by atoms with E-state index in [2.05, 4.69) is 25.8 Å². The van der Waals surface area contributed by atoms with Crippen LogP contribution in [0.2, 0.25) is 0 Å². The lowest BCUT2D eigenvalue weighted by Gasteiger charge is -2.24. The Morgan fingerprint density at radius 3 is 2.53 bits per heavy atom. The fraction of sp³-hybridized carbons (Fsp3) is 0.583. The number of aryl methyl sites for hydroxylation is 1. The van der Waals surface area contributed by atoms with Crippen molar-refractivity contribution in [3.63, 3.8) is 0 Å². The van der Waals surface area contributed by atoms with Crippen LogP contribution in [0.4, 0.5) is 5.82 Å². The summed E-state index contributed by atoms with van der Waals surface area (Å²) in [7, 11) is 0. The van der Waals surface area contributed by atoms with E-state index >= 15 is 0 Å². The number of aliphatic hydroxyl groups is 1. The van der Waals surface area contributed by atoms with Crippen molar-refractivity contribution in [3.05, 3.63) is 23.4 Å². The lowest BCUT2D eigenvalue weighted by molar-refractivity contribution is 0.122. The largest absolute Gasteiger partial charge is 0.388 e. The monoisotopic (exact) mass is 208 g/mol. The van der Waals surface area contributed by atoms with Gasteiger partial charge in [0.15, 0.2) is 0 Å². The molecule has 0 aliphatic carbocycles. The molecule has 0 saturated carbocycles. The maximum Gasteiger partial charge on any atom is 0.129 e. The van der Waals surface area contributed by atoms with Gasteiger partial charge in [0.25, 0.3) is 0 Å². The topological polar surface area (TPSA) is 59.1 Å². The van der Waals surface area contributed by atoms with Gasteiger partial charge in [0, 0.05) is 11.8 Å². The van der Waals surface area contributed by atoms with Gasteiger partial charge in [-0.3, -0.25) is 0 Å². The number of aromatic nitrogens is 1. The summed E-state index contributed by atoms with van der Waals surface area (Å²) in [4.78, 5) is 4.01. The molecular formula is C12H20N2O. The summed E-state index contributed by atoms with van der Waals surface area (Å²) >= 11 is 0. The minimum Gasteiger partial charge on any atom is -0.388 e. The number of nitrogens with zero attached hydrogens (tertiary/aromatic N) is 1. The summed E-state index contributed by atoms with van der Waals surface area (Å²) in [6.45, 7) is 8.23. The maximum atomic E-state index is 10.1. The third-order valence-electron chi connectivity index (χ3n) is 2.38. The average molecular weight is 208 g/mol. The molecule has 1 rings (SSSR count). The maximum absolute atomic E-state index is 10.1. The number of aliphatic hydroxyl groups excluding tert-OH is 1. The average Bonchev–Trinajstić information content (AvgIpc) is 1.99. The normalized spacial score (nSPS) is 13.9. The highest BCUT2D eigenvalue weighted by Crippen LogP contribution is 2.32. The first-order valence-electron chi connectivity index (χ1n) is 5.20. The molecule has 15 heavy (non-hydrogen) atoms. The van der Waals surface area contributed by atoms with Crippen molar-refractivity contribution in [1.29, 1.82) is 0 Å². The highest BCUT2D eigenvalue weighted by atomic mass is 16.3. The third kappa shape index (κ3) is 3.20. The Kier molecular flexibility index (Phi) is 3.35. The zero-order valence-electron chi connectivity index (χ0n) is 9.91. The predicted octanol–water partition coefficient (Wildman–Crippen LogP) is 2.44.